The maximum Gasteiger partial charge on any atom is 0.397 e. The predicted molar refractivity (Wildman–Crippen MR) is 50.9 cm³/mol. The fourth-order valence-electron chi connectivity index (χ4n) is 1.08. The van der Waals surface area contributed by atoms with Crippen LogP contribution < -0.4 is 11.1 Å². The highest BCUT2D eigenvalue weighted by atomic mass is 19.4. The third-order valence-corrected chi connectivity index (χ3v) is 1.75. The number of nitrogens with two attached hydrogens (primary N) is 1. The number of alkyl halides is 3. The van der Waals surface area contributed by atoms with Crippen molar-refractivity contribution in [2.75, 3.05) is 0 Å². The molecule has 0 spiro atoms. The van der Waals surface area contributed by atoms with Crippen LogP contribution in [0.25, 0.3) is 0 Å². The van der Waals surface area contributed by atoms with Gasteiger partial charge in [0, 0.05) is 0 Å². The van der Waals surface area contributed by atoms with E-state index >= 15 is 0 Å². The summed E-state index contributed by atoms with van der Waals surface area (Å²) in [5, 5.41) is 13.1. The van der Waals surface area contributed by atoms with Gasteiger partial charge >= 0.3 is 6.18 Å². The SMILES string of the molecule is CCCC(NC(=O)CC(F)(F)F)/C(N)=N/O. The van der Waals surface area contributed by atoms with Gasteiger partial charge in [0.05, 0.1) is 6.04 Å². The maximum absolute atomic E-state index is 11.9. The van der Waals surface area contributed by atoms with Crippen LogP contribution in [0.4, 0.5) is 13.2 Å². The van der Waals surface area contributed by atoms with Gasteiger partial charge in [-0.2, -0.15) is 13.2 Å². The van der Waals surface area contributed by atoms with E-state index in [4.69, 9.17) is 10.9 Å². The van der Waals surface area contributed by atoms with Crippen LogP contribution in [0.1, 0.15) is 26.2 Å². The lowest BCUT2D eigenvalue weighted by molar-refractivity contribution is -0.153. The van der Waals surface area contributed by atoms with Crippen LogP contribution in [0.15, 0.2) is 5.16 Å². The number of nitrogens with zero attached hydrogens (tertiary/aromatic N) is 1. The van der Waals surface area contributed by atoms with Crippen molar-refractivity contribution in [3.8, 4) is 0 Å². The number of carbonyl (C=O) groups is 1. The van der Waals surface area contributed by atoms with Crippen molar-refractivity contribution in [1.82, 2.24) is 5.32 Å². The van der Waals surface area contributed by atoms with Gasteiger partial charge < -0.3 is 16.3 Å². The van der Waals surface area contributed by atoms with Gasteiger partial charge in [0.15, 0.2) is 5.84 Å². The van der Waals surface area contributed by atoms with Gasteiger partial charge in [-0.05, 0) is 6.42 Å². The van der Waals surface area contributed by atoms with E-state index in [1.807, 2.05) is 0 Å². The number of hydrogen-bond donors (Lipinski definition) is 3. The summed E-state index contributed by atoms with van der Waals surface area (Å²) in [6.45, 7) is 1.76. The molecule has 0 aromatic rings. The summed E-state index contributed by atoms with van der Waals surface area (Å²) < 4.78 is 35.6. The van der Waals surface area contributed by atoms with Gasteiger partial charge in [0.25, 0.3) is 0 Å². The van der Waals surface area contributed by atoms with Gasteiger partial charge in [-0.15, -0.1) is 0 Å². The van der Waals surface area contributed by atoms with E-state index in [2.05, 4.69) is 10.5 Å². The Labute approximate surface area is 90.5 Å². The first-order valence-corrected chi connectivity index (χ1v) is 4.63. The fourth-order valence-corrected chi connectivity index (χ4v) is 1.08. The summed E-state index contributed by atoms with van der Waals surface area (Å²) in [4.78, 5) is 10.9. The zero-order chi connectivity index (χ0) is 12.8. The maximum atomic E-state index is 11.9. The summed E-state index contributed by atoms with van der Waals surface area (Å²) in [5.41, 5.74) is 5.22. The molecule has 0 aromatic heterocycles. The topological polar surface area (TPSA) is 87.7 Å². The number of nitrogens with one attached hydrogen (secondary N) is 1. The molecule has 8 heteroatoms. The summed E-state index contributed by atoms with van der Waals surface area (Å²) in [5.74, 6) is -1.50. The van der Waals surface area contributed by atoms with Crippen LogP contribution >= 0.6 is 0 Å². The Balaban J connectivity index is 4.35. The molecule has 0 heterocycles. The molecule has 94 valence electrons. The Morgan fingerprint density at radius 2 is 2.12 bits per heavy atom. The van der Waals surface area contributed by atoms with E-state index < -0.39 is 24.5 Å². The summed E-state index contributed by atoms with van der Waals surface area (Å²) in [6.07, 6.45) is -5.26. The molecule has 4 N–H and O–H groups in total. The Bertz CT molecular complexity index is 266. The second-order valence-corrected chi connectivity index (χ2v) is 3.23. The number of amidine groups is 1. The van der Waals surface area contributed by atoms with Crippen LogP contribution in [0.5, 0.6) is 0 Å². The molecule has 0 fully saturated rings. The van der Waals surface area contributed by atoms with Crippen molar-refractivity contribution in [1.29, 1.82) is 0 Å². The molecule has 0 aromatic carbocycles. The van der Waals surface area contributed by atoms with Gasteiger partial charge in [0.2, 0.25) is 5.91 Å². The molecule has 0 saturated heterocycles. The van der Waals surface area contributed by atoms with Gasteiger partial charge in [-0.3, -0.25) is 4.79 Å². The van der Waals surface area contributed by atoms with Crippen molar-refractivity contribution in [3.63, 3.8) is 0 Å². The summed E-state index contributed by atoms with van der Waals surface area (Å²) in [7, 11) is 0. The van der Waals surface area contributed by atoms with Gasteiger partial charge in [-0.25, -0.2) is 0 Å². The normalized spacial score (nSPS) is 14.6. The molecule has 0 aliphatic rings. The number of rotatable bonds is 5. The molecule has 5 nitrogen and oxygen atoms in total. The molecule has 0 bridgehead atoms. The molecule has 16 heavy (non-hydrogen) atoms. The van der Waals surface area contributed by atoms with Crippen molar-refractivity contribution >= 4 is 11.7 Å². The molecule has 0 radical (unpaired) electrons. The van der Waals surface area contributed by atoms with Crippen molar-refractivity contribution in [2.45, 2.75) is 38.4 Å². The standard InChI is InChI=1S/C8H14F3N3O2/c1-2-3-5(7(12)14-16)13-6(15)4-8(9,10)11/h5,16H,2-4H2,1H3,(H2,12,14)(H,13,15). The second kappa shape index (κ2) is 6.19. The second-order valence-electron chi connectivity index (χ2n) is 3.23. The minimum Gasteiger partial charge on any atom is -0.409 e. The zero-order valence-corrected chi connectivity index (χ0v) is 8.71. The van der Waals surface area contributed by atoms with E-state index in [0.717, 1.165) is 0 Å². The highest BCUT2D eigenvalue weighted by Crippen LogP contribution is 2.19. The first-order valence-electron chi connectivity index (χ1n) is 4.63. The number of oxime groups is 1. The summed E-state index contributed by atoms with van der Waals surface area (Å²) in [6, 6.07) is -0.871. The smallest absolute Gasteiger partial charge is 0.397 e. The van der Waals surface area contributed by atoms with Crippen LogP contribution in [-0.4, -0.2) is 29.2 Å². The minimum absolute atomic E-state index is 0.305. The Kier molecular flexibility index (Phi) is 5.62. The van der Waals surface area contributed by atoms with E-state index in [1.54, 1.807) is 6.92 Å². The van der Waals surface area contributed by atoms with Crippen molar-refractivity contribution < 1.29 is 23.2 Å². The molecule has 0 rings (SSSR count). The van der Waals surface area contributed by atoms with Gasteiger partial charge in [0.1, 0.15) is 6.42 Å². The largest absolute Gasteiger partial charge is 0.409 e. The van der Waals surface area contributed by atoms with E-state index in [9.17, 15) is 18.0 Å². The molecular weight excluding hydrogens is 227 g/mol. The van der Waals surface area contributed by atoms with E-state index in [0.29, 0.717) is 12.8 Å². The van der Waals surface area contributed by atoms with Crippen molar-refractivity contribution in [3.05, 3.63) is 0 Å². The highest BCUT2D eigenvalue weighted by Gasteiger charge is 2.32. The first kappa shape index (κ1) is 14.5. The predicted octanol–water partition coefficient (Wildman–Crippen LogP) is 0.970. The lowest BCUT2D eigenvalue weighted by atomic mass is 10.1. The van der Waals surface area contributed by atoms with Crippen LogP contribution in [0.3, 0.4) is 0 Å². The molecular formula is C8H14F3N3O2. The fraction of sp³-hybridized carbons (Fsp3) is 0.750. The third kappa shape index (κ3) is 6.10. The lowest BCUT2D eigenvalue weighted by Gasteiger charge is -2.17. The van der Waals surface area contributed by atoms with Crippen LogP contribution in [-0.2, 0) is 4.79 Å². The van der Waals surface area contributed by atoms with Crippen LogP contribution in [0, 0.1) is 0 Å². The molecule has 0 saturated carbocycles. The Hall–Kier alpha value is -1.47. The number of hydrogen-bond acceptors (Lipinski definition) is 3. The van der Waals surface area contributed by atoms with E-state index in [-0.39, 0.29) is 5.84 Å². The number of amides is 1. The molecule has 1 atom stereocenters. The molecule has 1 amide bonds. The first-order chi connectivity index (χ1) is 7.30. The Morgan fingerprint density at radius 1 is 1.56 bits per heavy atom. The molecule has 0 aliphatic heterocycles. The van der Waals surface area contributed by atoms with E-state index in [1.165, 1.54) is 0 Å². The molecule has 0 aliphatic carbocycles. The minimum atomic E-state index is -4.56. The number of halogens is 3. The zero-order valence-electron chi connectivity index (χ0n) is 8.71. The van der Waals surface area contributed by atoms with Crippen LogP contribution in [0.2, 0.25) is 0 Å². The highest BCUT2D eigenvalue weighted by molar-refractivity contribution is 5.90. The van der Waals surface area contributed by atoms with Crippen molar-refractivity contribution in [2.24, 2.45) is 10.9 Å². The quantitative estimate of drug-likeness (QED) is 0.290. The molecule has 1 unspecified atom stereocenters. The van der Waals surface area contributed by atoms with Gasteiger partial charge in [-0.1, -0.05) is 18.5 Å². The average Bonchev–Trinajstić information content (AvgIpc) is 2.13. The third-order valence-electron chi connectivity index (χ3n) is 1.75. The Morgan fingerprint density at radius 3 is 2.50 bits per heavy atom. The number of carbonyl (C=O) groups excluding carboxylic acids is 1. The summed E-state index contributed by atoms with van der Waals surface area (Å²) >= 11 is 0. The lowest BCUT2D eigenvalue weighted by Crippen LogP contribution is -2.45. The average molecular weight is 241 g/mol. The monoisotopic (exact) mass is 241 g/mol.